The lowest BCUT2D eigenvalue weighted by Gasteiger charge is -2.15. The molecule has 0 radical (unpaired) electrons. The smallest absolute Gasteiger partial charge is 0.306 e. The number of hydrogen-bond donors (Lipinski definition) is 2. The first-order valence-corrected chi connectivity index (χ1v) is 5.39. The van der Waals surface area contributed by atoms with Gasteiger partial charge in [-0.25, -0.2) is 4.79 Å². The van der Waals surface area contributed by atoms with Crippen LogP contribution in [0.1, 0.15) is 25.6 Å². The minimum absolute atomic E-state index is 0.146. The van der Waals surface area contributed by atoms with E-state index in [0.29, 0.717) is 0 Å². The molecule has 0 fully saturated rings. The minimum atomic E-state index is -0.178. The van der Waals surface area contributed by atoms with Crippen molar-refractivity contribution < 1.29 is 4.79 Å². The first kappa shape index (κ1) is 11.1. The number of nitrogens with one attached hydrogen (secondary N) is 2. The van der Waals surface area contributed by atoms with Crippen LogP contribution in [-0.2, 0) is 5.41 Å². The van der Waals surface area contributed by atoms with E-state index in [1.165, 1.54) is 4.88 Å². The van der Waals surface area contributed by atoms with Gasteiger partial charge in [-0.05, 0) is 11.5 Å². The maximum atomic E-state index is 11.0. The third-order valence-electron chi connectivity index (χ3n) is 1.82. The van der Waals surface area contributed by atoms with Crippen LogP contribution in [0.3, 0.4) is 0 Å². The highest BCUT2D eigenvalue weighted by Gasteiger charge is 2.16. The summed E-state index contributed by atoms with van der Waals surface area (Å²) in [6, 6.07) is 1.84. The zero-order valence-corrected chi connectivity index (χ0v) is 9.79. The molecule has 3 nitrogen and oxygen atoms in total. The lowest BCUT2D eigenvalue weighted by molar-refractivity contribution is 0.257. The molecule has 0 aliphatic rings. The monoisotopic (exact) mass is 210 g/mol. The summed E-state index contributed by atoms with van der Waals surface area (Å²) in [5.74, 6) is 0. The van der Waals surface area contributed by atoms with Gasteiger partial charge in [0.15, 0.2) is 0 Å². The van der Waals surface area contributed by atoms with Gasteiger partial charge in [0.25, 0.3) is 0 Å². The van der Waals surface area contributed by atoms with Crippen molar-refractivity contribution in [2.24, 2.45) is 0 Å². The van der Waals surface area contributed by atoms with Crippen molar-refractivity contribution >= 4 is 31.0 Å². The molecule has 2 N–H and O–H groups in total. The molecule has 1 aromatic heterocycles. The first-order chi connectivity index (χ1) is 6.43. The Morgan fingerprint density at radius 2 is 2.14 bits per heavy atom. The molecule has 14 heavy (non-hydrogen) atoms. The highest BCUT2D eigenvalue weighted by atomic mass is 32.1. The Kier molecular flexibility index (Phi) is 3.21. The van der Waals surface area contributed by atoms with Gasteiger partial charge in [0.05, 0.1) is 5.69 Å². The van der Waals surface area contributed by atoms with Crippen LogP contribution in [0, 0.1) is 0 Å². The summed E-state index contributed by atoms with van der Waals surface area (Å²) in [5.41, 5.74) is 1.01. The number of urea groups is 1. The van der Waals surface area contributed by atoms with E-state index >= 15 is 0 Å². The minimum Gasteiger partial charge on any atom is -0.388 e. The molecule has 0 spiro atoms. The van der Waals surface area contributed by atoms with Crippen molar-refractivity contribution in [2.75, 3.05) is 5.32 Å². The van der Waals surface area contributed by atoms with E-state index in [1.807, 2.05) is 11.4 Å². The van der Waals surface area contributed by atoms with Crippen molar-refractivity contribution in [1.29, 1.82) is 0 Å². The molecule has 76 valence electrons. The van der Waals surface area contributed by atoms with Gasteiger partial charge in [-0.1, -0.05) is 20.8 Å². The van der Waals surface area contributed by atoms with Crippen molar-refractivity contribution in [3.63, 3.8) is 0 Å². The number of thiophene rings is 1. The zero-order chi connectivity index (χ0) is 10.8. The Labute approximate surface area is 89.3 Å². The van der Waals surface area contributed by atoms with Gasteiger partial charge in [-0.3, -0.25) is 0 Å². The Bertz CT molecular complexity index is 330. The van der Waals surface area contributed by atoms with Crippen LogP contribution in [-0.4, -0.2) is 14.0 Å². The van der Waals surface area contributed by atoms with E-state index in [0.717, 1.165) is 5.69 Å². The quantitative estimate of drug-likeness (QED) is 0.680. The summed E-state index contributed by atoms with van der Waals surface area (Å²) in [4.78, 5) is 12.3. The molecule has 0 atom stereocenters. The Morgan fingerprint density at radius 1 is 1.50 bits per heavy atom. The van der Waals surface area contributed by atoms with Crippen molar-refractivity contribution in [1.82, 2.24) is 5.23 Å². The Morgan fingerprint density at radius 3 is 2.57 bits per heavy atom. The summed E-state index contributed by atoms with van der Waals surface area (Å²) >= 11 is 1.67. The fourth-order valence-corrected chi connectivity index (χ4v) is 1.92. The number of anilines is 1. The molecule has 0 saturated carbocycles. The number of hydrogen-bond acceptors (Lipinski definition) is 2. The third-order valence-corrected chi connectivity index (χ3v) is 3.18. The standard InChI is InChI=1S/C9H15BN2OS/c1-9(2,3)7-4-6(5-14-7)11-8(13)12-10/h4-5H,10H2,1-3H3,(H2,11,12,13). The van der Waals surface area contributed by atoms with Crippen LogP contribution in [0.15, 0.2) is 11.4 Å². The van der Waals surface area contributed by atoms with E-state index in [2.05, 4.69) is 31.3 Å². The third kappa shape index (κ3) is 2.77. The Hall–Kier alpha value is -0.965. The van der Waals surface area contributed by atoms with Gasteiger partial charge in [0, 0.05) is 10.3 Å². The average Bonchev–Trinajstić information content (AvgIpc) is 2.51. The number of carbonyl (C=O) groups is 1. The second kappa shape index (κ2) is 4.04. The molecule has 0 bridgehead atoms. The largest absolute Gasteiger partial charge is 0.388 e. The van der Waals surface area contributed by atoms with Crippen LogP contribution in [0.4, 0.5) is 10.5 Å². The fourth-order valence-electron chi connectivity index (χ4n) is 0.989. The van der Waals surface area contributed by atoms with Gasteiger partial charge < -0.3 is 10.5 Å². The van der Waals surface area contributed by atoms with Gasteiger partial charge in [-0.2, -0.15) is 0 Å². The summed E-state index contributed by atoms with van der Waals surface area (Å²) in [5, 5.41) is 7.21. The average molecular weight is 210 g/mol. The molecule has 0 aliphatic heterocycles. The molecule has 0 saturated heterocycles. The van der Waals surface area contributed by atoms with E-state index in [-0.39, 0.29) is 11.4 Å². The van der Waals surface area contributed by atoms with E-state index in [4.69, 9.17) is 0 Å². The summed E-state index contributed by atoms with van der Waals surface area (Å²) in [7, 11) is 1.60. The summed E-state index contributed by atoms with van der Waals surface area (Å²) in [6.07, 6.45) is 0. The maximum Gasteiger partial charge on any atom is 0.306 e. The van der Waals surface area contributed by atoms with Crippen molar-refractivity contribution in [2.45, 2.75) is 26.2 Å². The number of carbonyl (C=O) groups excluding carboxylic acids is 1. The van der Waals surface area contributed by atoms with Crippen LogP contribution in [0.5, 0.6) is 0 Å². The lowest BCUT2D eigenvalue weighted by atomic mass is 9.95. The number of amides is 2. The van der Waals surface area contributed by atoms with Gasteiger partial charge in [0.2, 0.25) is 7.98 Å². The molecule has 0 unspecified atom stereocenters. The summed E-state index contributed by atoms with van der Waals surface area (Å²) in [6.45, 7) is 6.47. The fraction of sp³-hybridized carbons (Fsp3) is 0.444. The van der Waals surface area contributed by atoms with Gasteiger partial charge >= 0.3 is 6.03 Å². The van der Waals surface area contributed by atoms with Gasteiger partial charge in [-0.15, -0.1) is 11.3 Å². The molecule has 2 amide bonds. The van der Waals surface area contributed by atoms with Crippen LogP contribution in [0.2, 0.25) is 0 Å². The molecule has 1 aromatic rings. The lowest BCUT2D eigenvalue weighted by Crippen LogP contribution is -2.25. The predicted molar refractivity (Wildman–Crippen MR) is 63.7 cm³/mol. The van der Waals surface area contributed by atoms with Crippen molar-refractivity contribution in [3.05, 3.63) is 16.3 Å². The number of rotatable bonds is 1. The SMILES string of the molecule is BNC(=O)Nc1csc(C(C)(C)C)c1. The Balaban J connectivity index is 2.74. The highest BCUT2D eigenvalue weighted by Crippen LogP contribution is 2.30. The van der Waals surface area contributed by atoms with Crippen LogP contribution in [0.25, 0.3) is 0 Å². The second-order valence-electron chi connectivity index (χ2n) is 4.15. The zero-order valence-electron chi connectivity index (χ0n) is 8.97. The molecule has 5 heteroatoms. The first-order valence-electron chi connectivity index (χ1n) is 4.51. The molecule has 1 rings (SSSR count). The van der Waals surface area contributed by atoms with Crippen LogP contribution < -0.4 is 10.5 Å². The predicted octanol–water partition coefficient (Wildman–Crippen LogP) is 1.72. The summed E-state index contributed by atoms with van der Waals surface area (Å²) < 4.78 is 0. The molecule has 1 heterocycles. The normalized spacial score (nSPS) is 11.1. The molecular formula is C9H15BN2OS. The van der Waals surface area contributed by atoms with Gasteiger partial charge in [0.1, 0.15) is 0 Å². The van der Waals surface area contributed by atoms with E-state index in [9.17, 15) is 4.79 Å². The maximum absolute atomic E-state index is 11.0. The van der Waals surface area contributed by atoms with E-state index < -0.39 is 0 Å². The second-order valence-corrected chi connectivity index (χ2v) is 5.06. The van der Waals surface area contributed by atoms with Crippen LogP contribution >= 0.6 is 11.3 Å². The molecular weight excluding hydrogens is 195 g/mol. The van der Waals surface area contributed by atoms with Crippen molar-refractivity contribution in [3.8, 4) is 0 Å². The molecule has 0 aliphatic carbocycles. The highest BCUT2D eigenvalue weighted by molar-refractivity contribution is 7.10. The topological polar surface area (TPSA) is 41.1 Å². The molecule has 0 aromatic carbocycles. The van der Waals surface area contributed by atoms with E-state index in [1.54, 1.807) is 19.3 Å².